The van der Waals surface area contributed by atoms with E-state index in [1.807, 2.05) is 60.4 Å². The van der Waals surface area contributed by atoms with Crippen LogP contribution in [0.2, 0.25) is 0 Å². The van der Waals surface area contributed by atoms with Gasteiger partial charge in [0.05, 0.1) is 18.5 Å². The molecule has 136 valence electrons. The van der Waals surface area contributed by atoms with Crippen LogP contribution in [-0.2, 0) is 4.79 Å². The van der Waals surface area contributed by atoms with Gasteiger partial charge in [0.1, 0.15) is 11.8 Å². The molecule has 0 saturated heterocycles. The van der Waals surface area contributed by atoms with Crippen molar-refractivity contribution >= 4 is 17.3 Å². The average molecular weight is 350 g/mol. The number of carbonyl (C=O) groups is 1. The molecule has 1 aliphatic heterocycles. The number of methoxy groups -OCH3 is 1. The van der Waals surface area contributed by atoms with E-state index in [0.29, 0.717) is 12.5 Å². The standard InChI is InChI=1S/C22H26N2O2/c1-5-24-20-12-7-6-11-18(20)21(16-9-8-10-17(14-16)26-4)23-19(22(24)25)13-15(2)3/h6-12,14-15,19H,5,13H2,1-4H3. The highest BCUT2D eigenvalue weighted by Crippen LogP contribution is 2.30. The van der Waals surface area contributed by atoms with Crippen molar-refractivity contribution in [3.63, 3.8) is 0 Å². The fourth-order valence-corrected chi connectivity index (χ4v) is 3.42. The van der Waals surface area contributed by atoms with Gasteiger partial charge in [-0.25, -0.2) is 0 Å². The summed E-state index contributed by atoms with van der Waals surface area (Å²) in [5, 5.41) is 0. The summed E-state index contributed by atoms with van der Waals surface area (Å²) in [6.07, 6.45) is 0.733. The molecular weight excluding hydrogens is 324 g/mol. The van der Waals surface area contributed by atoms with Gasteiger partial charge in [0.2, 0.25) is 0 Å². The van der Waals surface area contributed by atoms with E-state index in [1.165, 1.54) is 0 Å². The number of benzene rings is 2. The Bertz CT molecular complexity index is 826. The minimum Gasteiger partial charge on any atom is -0.497 e. The Hall–Kier alpha value is -2.62. The lowest BCUT2D eigenvalue weighted by Crippen LogP contribution is -2.38. The summed E-state index contributed by atoms with van der Waals surface area (Å²) in [4.78, 5) is 20.0. The van der Waals surface area contributed by atoms with Crippen molar-refractivity contribution < 1.29 is 9.53 Å². The molecule has 0 aromatic heterocycles. The van der Waals surface area contributed by atoms with Crippen molar-refractivity contribution in [2.24, 2.45) is 10.9 Å². The van der Waals surface area contributed by atoms with Gasteiger partial charge in [0, 0.05) is 17.7 Å². The highest BCUT2D eigenvalue weighted by Gasteiger charge is 2.31. The van der Waals surface area contributed by atoms with Crippen LogP contribution in [0.3, 0.4) is 0 Å². The number of benzodiazepines with no additional fused rings is 1. The van der Waals surface area contributed by atoms with Gasteiger partial charge in [-0.1, -0.05) is 44.2 Å². The molecule has 3 rings (SSSR count). The minimum atomic E-state index is -0.372. The predicted octanol–water partition coefficient (Wildman–Crippen LogP) is 4.31. The highest BCUT2D eigenvalue weighted by atomic mass is 16.5. The topological polar surface area (TPSA) is 41.9 Å². The van der Waals surface area contributed by atoms with E-state index in [4.69, 9.17) is 9.73 Å². The Morgan fingerprint density at radius 1 is 1.15 bits per heavy atom. The predicted molar refractivity (Wildman–Crippen MR) is 106 cm³/mol. The molecule has 0 fully saturated rings. The van der Waals surface area contributed by atoms with Crippen LogP contribution in [0.1, 0.15) is 38.3 Å². The quantitative estimate of drug-likeness (QED) is 0.806. The van der Waals surface area contributed by atoms with Crippen molar-refractivity contribution in [2.45, 2.75) is 33.2 Å². The molecular formula is C22H26N2O2. The minimum absolute atomic E-state index is 0.0755. The third-order valence-electron chi connectivity index (χ3n) is 4.64. The lowest BCUT2D eigenvalue weighted by atomic mass is 9.99. The number of amides is 1. The molecule has 4 nitrogen and oxygen atoms in total. The molecule has 0 aliphatic carbocycles. The average Bonchev–Trinajstić information content (AvgIpc) is 2.76. The number of hydrogen-bond acceptors (Lipinski definition) is 3. The van der Waals surface area contributed by atoms with Crippen LogP contribution in [0.25, 0.3) is 0 Å². The Morgan fingerprint density at radius 3 is 2.62 bits per heavy atom. The lowest BCUT2D eigenvalue weighted by Gasteiger charge is -2.24. The number of anilines is 1. The maximum atomic E-state index is 13.2. The molecule has 1 amide bonds. The van der Waals surface area contributed by atoms with Gasteiger partial charge in [-0.15, -0.1) is 0 Å². The van der Waals surface area contributed by atoms with Crippen LogP contribution in [-0.4, -0.2) is 31.3 Å². The SMILES string of the molecule is CCN1C(=O)C(CC(C)C)N=C(c2cccc(OC)c2)c2ccccc21. The summed E-state index contributed by atoms with van der Waals surface area (Å²) in [7, 11) is 1.66. The van der Waals surface area contributed by atoms with Crippen molar-refractivity contribution in [1.82, 2.24) is 0 Å². The summed E-state index contributed by atoms with van der Waals surface area (Å²) < 4.78 is 5.39. The lowest BCUT2D eigenvalue weighted by molar-refractivity contribution is -0.120. The number of fused-ring (bicyclic) bond motifs is 1. The molecule has 2 aromatic carbocycles. The molecule has 1 unspecified atom stereocenters. The maximum absolute atomic E-state index is 13.2. The summed E-state index contributed by atoms with van der Waals surface area (Å²) in [6.45, 7) is 6.90. The number of hydrogen-bond donors (Lipinski definition) is 0. The maximum Gasteiger partial charge on any atom is 0.251 e. The molecule has 1 atom stereocenters. The molecule has 0 N–H and O–H groups in total. The Labute approximate surface area is 155 Å². The van der Waals surface area contributed by atoms with Gasteiger partial charge in [-0.3, -0.25) is 9.79 Å². The zero-order valence-corrected chi connectivity index (χ0v) is 15.9. The third-order valence-corrected chi connectivity index (χ3v) is 4.64. The summed E-state index contributed by atoms with van der Waals surface area (Å²) in [6, 6.07) is 15.5. The summed E-state index contributed by atoms with van der Waals surface area (Å²) >= 11 is 0. The van der Waals surface area contributed by atoms with E-state index in [1.54, 1.807) is 7.11 Å². The van der Waals surface area contributed by atoms with E-state index in [2.05, 4.69) is 13.8 Å². The normalized spacial score (nSPS) is 17.0. The second kappa shape index (κ2) is 7.73. The van der Waals surface area contributed by atoms with Crippen molar-refractivity contribution in [3.05, 3.63) is 59.7 Å². The van der Waals surface area contributed by atoms with Gasteiger partial charge in [0.25, 0.3) is 5.91 Å². The highest BCUT2D eigenvalue weighted by molar-refractivity contribution is 6.20. The van der Waals surface area contributed by atoms with Gasteiger partial charge >= 0.3 is 0 Å². The summed E-state index contributed by atoms with van der Waals surface area (Å²) in [5.74, 6) is 1.25. The molecule has 2 aromatic rings. The van der Waals surface area contributed by atoms with Crippen LogP contribution >= 0.6 is 0 Å². The first-order chi connectivity index (χ1) is 12.5. The Morgan fingerprint density at radius 2 is 1.92 bits per heavy atom. The fourth-order valence-electron chi connectivity index (χ4n) is 3.42. The van der Waals surface area contributed by atoms with Gasteiger partial charge in [-0.05, 0) is 37.5 Å². The molecule has 0 bridgehead atoms. The van der Waals surface area contributed by atoms with Crippen LogP contribution in [0.5, 0.6) is 5.75 Å². The first-order valence-electron chi connectivity index (χ1n) is 9.18. The number of nitrogens with zero attached hydrogens (tertiary/aromatic N) is 2. The fraction of sp³-hybridized carbons (Fsp3) is 0.364. The first kappa shape index (κ1) is 18.2. The number of ether oxygens (including phenoxy) is 1. The van der Waals surface area contributed by atoms with Crippen molar-refractivity contribution in [1.29, 1.82) is 0 Å². The molecule has 4 heteroatoms. The van der Waals surface area contributed by atoms with E-state index >= 15 is 0 Å². The van der Waals surface area contributed by atoms with Crippen LogP contribution in [0.15, 0.2) is 53.5 Å². The van der Waals surface area contributed by atoms with Gasteiger partial charge < -0.3 is 9.64 Å². The number of likely N-dealkylation sites (N-methyl/N-ethyl adjacent to an activating group) is 1. The number of carbonyl (C=O) groups excluding carboxylic acids is 1. The Kier molecular flexibility index (Phi) is 5.40. The second-order valence-electron chi connectivity index (χ2n) is 6.95. The smallest absolute Gasteiger partial charge is 0.251 e. The zero-order valence-electron chi connectivity index (χ0n) is 15.9. The second-order valence-corrected chi connectivity index (χ2v) is 6.95. The van der Waals surface area contributed by atoms with Crippen LogP contribution in [0.4, 0.5) is 5.69 Å². The largest absolute Gasteiger partial charge is 0.497 e. The third kappa shape index (κ3) is 3.50. The molecule has 1 heterocycles. The molecule has 26 heavy (non-hydrogen) atoms. The van der Waals surface area contributed by atoms with Crippen LogP contribution in [0, 0.1) is 5.92 Å². The first-order valence-corrected chi connectivity index (χ1v) is 9.18. The van der Waals surface area contributed by atoms with Gasteiger partial charge in [-0.2, -0.15) is 0 Å². The summed E-state index contributed by atoms with van der Waals surface area (Å²) in [5.41, 5.74) is 3.74. The van der Waals surface area contributed by atoms with Crippen molar-refractivity contribution in [2.75, 3.05) is 18.6 Å². The van der Waals surface area contributed by atoms with Crippen LogP contribution < -0.4 is 9.64 Å². The Balaban J connectivity index is 2.21. The van der Waals surface area contributed by atoms with E-state index < -0.39 is 0 Å². The van der Waals surface area contributed by atoms with E-state index in [-0.39, 0.29) is 11.9 Å². The molecule has 0 radical (unpaired) electrons. The monoisotopic (exact) mass is 350 g/mol. The van der Waals surface area contributed by atoms with Crippen molar-refractivity contribution in [3.8, 4) is 5.75 Å². The number of aliphatic imine (C=N–C) groups is 1. The number of para-hydroxylation sites is 1. The van der Waals surface area contributed by atoms with Gasteiger partial charge in [0.15, 0.2) is 0 Å². The van der Waals surface area contributed by atoms with E-state index in [0.717, 1.165) is 34.7 Å². The van der Waals surface area contributed by atoms with E-state index in [9.17, 15) is 4.79 Å². The zero-order chi connectivity index (χ0) is 18.7. The molecule has 1 aliphatic rings. The number of rotatable bonds is 5. The molecule has 0 saturated carbocycles. The molecule has 0 spiro atoms.